The van der Waals surface area contributed by atoms with Crippen molar-refractivity contribution in [3.8, 4) is 0 Å². The van der Waals surface area contributed by atoms with Gasteiger partial charge in [0.1, 0.15) is 0 Å². The Hall–Kier alpha value is -1.27. The standard InChI is InChI=1S/C14H21N3O2S/c15-20(18,19)12-5-6-13(16-7-1-2-8-16)14(11-12)17-9-3-4-10-17/h5-6,11H,1-4,7-10H2,(H2,15,18,19). The van der Waals surface area contributed by atoms with Gasteiger partial charge >= 0.3 is 0 Å². The maximum Gasteiger partial charge on any atom is 0.238 e. The smallest absolute Gasteiger partial charge is 0.238 e. The summed E-state index contributed by atoms with van der Waals surface area (Å²) in [5.41, 5.74) is 2.17. The van der Waals surface area contributed by atoms with Crippen molar-refractivity contribution in [1.29, 1.82) is 0 Å². The number of benzene rings is 1. The Kier molecular flexibility index (Phi) is 3.60. The molecule has 0 saturated carbocycles. The van der Waals surface area contributed by atoms with Crippen LogP contribution < -0.4 is 14.9 Å². The third-order valence-corrected chi connectivity index (χ3v) is 5.08. The second kappa shape index (κ2) is 5.26. The highest BCUT2D eigenvalue weighted by Gasteiger charge is 2.23. The van der Waals surface area contributed by atoms with Gasteiger partial charge in [0, 0.05) is 26.2 Å². The molecule has 0 aliphatic carbocycles. The molecule has 6 heteroatoms. The molecule has 0 atom stereocenters. The Balaban J connectivity index is 2.04. The van der Waals surface area contributed by atoms with E-state index in [1.807, 2.05) is 6.07 Å². The van der Waals surface area contributed by atoms with E-state index in [2.05, 4.69) is 9.80 Å². The van der Waals surface area contributed by atoms with Crippen LogP contribution in [0.25, 0.3) is 0 Å². The van der Waals surface area contributed by atoms with E-state index in [1.165, 1.54) is 25.7 Å². The van der Waals surface area contributed by atoms with Gasteiger partial charge < -0.3 is 9.80 Å². The summed E-state index contributed by atoms with van der Waals surface area (Å²) in [5, 5.41) is 5.27. The van der Waals surface area contributed by atoms with Crippen molar-refractivity contribution in [1.82, 2.24) is 0 Å². The highest BCUT2D eigenvalue weighted by molar-refractivity contribution is 7.89. The van der Waals surface area contributed by atoms with Crippen LogP contribution in [0.5, 0.6) is 0 Å². The molecule has 2 N–H and O–H groups in total. The third kappa shape index (κ3) is 2.62. The Morgan fingerprint density at radius 1 is 0.850 bits per heavy atom. The molecule has 1 aromatic rings. The van der Waals surface area contributed by atoms with Crippen LogP contribution >= 0.6 is 0 Å². The normalized spacial score (nSPS) is 19.9. The molecule has 5 nitrogen and oxygen atoms in total. The second-order valence-electron chi connectivity index (χ2n) is 5.58. The molecule has 110 valence electrons. The predicted octanol–water partition coefficient (Wildman–Crippen LogP) is 1.53. The second-order valence-corrected chi connectivity index (χ2v) is 7.15. The minimum Gasteiger partial charge on any atom is -0.370 e. The molecule has 20 heavy (non-hydrogen) atoms. The zero-order valence-corrected chi connectivity index (χ0v) is 12.4. The molecule has 2 saturated heterocycles. The van der Waals surface area contributed by atoms with Crippen molar-refractivity contribution < 1.29 is 8.42 Å². The van der Waals surface area contributed by atoms with Crippen LogP contribution in [0.3, 0.4) is 0 Å². The van der Waals surface area contributed by atoms with Gasteiger partial charge in [-0.15, -0.1) is 0 Å². The van der Waals surface area contributed by atoms with E-state index in [4.69, 9.17) is 5.14 Å². The number of anilines is 2. The first kappa shape index (κ1) is 13.7. The van der Waals surface area contributed by atoms with E-state index < -0.39 is 10.0 Å². The first-order valence-electron chi connectivity index (χ1n) is 7.22. The van der Waals surface area contributed by atoms with Gasteiger partial charge in [0.25, 0.3) is 0 Å². The predicted molar refractivity (Wildman–Crippen MR) is 80.7 cm³/mol. The molecule has 0 amide bonds. The third-order valence-electron chi connectivity index (χ3n) is 4.17. The van der Waals surface area contributed by atoms with Crippen LogP contribution in [0.15, 0.2) is 23.1 Å². The highest BCUT2D eigenvalue weighted by atomic mass is 32.2. The van der Waals surface area contributed by atoms with Crippen molar-refractivity contribution in [3.05, 3.63) is 18.2 Å². The Bertz CT molecular complexity index is 588. The van der Waals surface area contributed by atoms with E-state index in [-0.39, 0.29) is 4.90 Å². The molecule has 0 unspecified atom stereocenters. The van der Waals surface area contributed by atoms with Crippen molar-refractivity contribution in [3.63, 3.8) is 0 Å². The molecule has 3 rings (SSSR count). The number of hydrogen-bond donors (Lipinski definition) is 1. The van der Waals surface area contributed by atoms with Crippen molar-refractivity contribution >= 4 is 21.4 Å². The number of hydrogen-bond acceptors (Lipinski definition) is 4. The molecule has 0 bridgehead atoms. The lowest BCUT2D eigenvalue weighted by Crippen LogP contribution is -2.25. The summed E-state index contributed by atoms with van der Waals surface area (Å²) in [6.07, 6.45) is 4.74. The number of nitrogens with two attached hydrogens (primary N) is 1. The largest absolute Gasteiger partial charge is 0.370 e. The lowest BCUT2D eigenvalue weighted by atomic mass is 10.2. The summed E-state index contributed by atoms with van der Waals surface area (Å²) >= 11 is 0. The average Bonchev–Trinajstić information content (AvgIpc) is 3.10. The van der Waals surface area contributed by atoms with Gasteiger partial charge in [0.2, 0.25) is 10.0 Å². The summed E-state index contributed by atoms with van der Waals surface area (Å²) in [7, 11) is -3.64. The maximum atomic E-state index is 11.6. The molecule has 0 aromatic heterocycles. The van der Waals surface area contributed by atoms with Crippen LogP contribution in [0.2, 0.25) is 0 Å². The van der Waals surface area contributed by atoms with Crippen molar-refractivity contribution in [2.75, 3.05) is 36.0 Å². The fourth-order valence-electron chi connectivity index (χ4n) is 3.12. The average molecular weight is 295 g/mol. The fourth-order valence-corrected chi connectivity index (χ4v) is 3.65. The van der Waals surface area contributed by atoms with E-state index in [0.717, 1.165) is 37.6 Å². The first-order chi connectivity index (χ1) is 9.55. The molecule has 0 radical (unpaired) electrons. The van der Waals surface area contributed by atoms with Gasteiger partial charge in [-0.3, -0.25) is 0 Å². The summed E-state index contributed by atoms with van der Waals surface area (Å²) in [6.45, 7) is 4.09. The summed E-state index contributed by atoms with van der Waals surface area (Å²) in [6, 6.07) is 5.29. The number of primary sulfonamides is 1. The Morgan fingerprint density at radius 3 is 1.85 bits per heavy atom. The van der Waals surface area contributed by atoms with Gasteiger partial charge in [-0.05, 0) is 43.9 Å². The Labute approximate surface area is 120 Å². The van der Waals surface area contributed by atoms with Gasteiger partial charge in [-0.25, -0.2) is 13.6 Å². The van der Waals surface area contributed by atoms with Crippen molar-refractivity contribution in [2.45, 2.75) is 30.6 Å². The molecule has 1 aromatic carbocycles. The van der Waals surface area contributed by atoms with E-state index in [9.17, 15) is 8.42 Å². The van der Waals surface area contributed by atoms with Crippen LogP contribution in [0, 0.1) is 0 Å². The fraction of sp³-hybridized carbons (Fsp3) is 0.571. The topological polar surface area (TPSA) is 66.6 Å². The maximum absolute atomic E-state index is 11.6. The molecule has 2 aliphatic heterocycles. The van der Waals surface area contributed by atoms with Crippen LogP contribution in [-0.2, 0) is 10.0 Å². The van der Waals surface area contributed by atoms with Crippen LogP contribution in [-0.4, -0.2) is 34.6 Å². The van der Waals surface area contributed by atoms with Gasteiger partial charge in [0.15, 0.2) is 0 Å². The van der Waals surface area contributed by atoms with Gasteiger partial charge in [-0.2, -0.15) is 0 Å². The van der Waals surface area contributed by atoms with Crippen molar-refractivity contribution in [2.24, 2.45) is 5.14 Å². The lowest BCUT2D eigenvalue weighted by Gasteiger charge is -2.27. The molecular weight excluding hydrogens is 274 g/mol. The van der Waals surface area contributed by atoms with Crippen LogP contribution in [0.1, 0.15) is 25.7 Å². The van der Waals surface area contributed by atoms with E-state index in [0.29, 0.717) is 0 Å². The first-order valence-corrected chi connectivity index (χ1v) is 8.77. The number of nitrogens with zero attached hydrogens (tertiary/aromatic N) is 2. The van der Waals surface area contributed by atoms with E-state index in [1.54, 1.807) is 12.1 Å². The number of rotatable bonds is 3. The zero-order valence-electron chi connectivity index (χ0n) is 11.6. The monoisotopic (exact) mass is 295 g/mol. The minimum absolute atomic E-state index is 0.211. The zero-order chi connectivity index (χ0) is 14.2. The molecule has 2 aliphatic rings. The Morgan fingerprint density at radius 2 is 1.35 bits per heavy atom. The summed E-state index contributed by atoms with van der Waals surface area (Å²) in [4.78, 5) is 4.84. The molecule has 2 fully saturated rings. The summed E-state index contributed by atoms with van der Waals surface area (Å²) < 4.78 is 23.2. The van der Waals surface area contributed by atoms with Gasteiger partial charge in [-0.1, -0.05) is 0 Å². The number of sulfonamides is 1. The quantitative estimate of drug-likeness (QED) is 0.918. The molecule has 2 heterocycles. The van der Waals surface area contributed by atoms with E-state index >= 15 is 0 Å². The lowest BCUT2D eigenvalue weighted by molar-refractivity contribution is 0.598. The van der Waals surface area contributed by atoms with Crippen LogP contribution in [0.4, 0.5) is 11.4 Å². The minimum atomic E-state index is -3.64. The molecular formula is C14H21N3O2S. The molecule has 0 spiro atoms. The SMILES string of the molecule is NS(=O)(=O)c1ccc(N2CCCC2)c(N2CCCC2)c1. The highest BCUT2D eigenvalue weighted by Crippen LogP contribution is 2.35. The summed E-state index contributed by atoms with van der Waals surface area (Å²) in [5.74, 6) is 0. The van der Waals surface area contributed by atoms with Gasteiger partial charge in [0.05, 0.1) is 16.3 Å².